The lowest BCUT2D eigenvalue weighted by molar-refractivity contribution is -0.318. The van der Waals surface area contributed by atoms with Crippen LogP contribution in [0.5, 0.6) is 0 Å². The fourth-order valence-corrected chi connectivity index (χ4v) is 12.0. The summed E-state index contributed by atoms with van der Waals surface area (Å²) < 4.78 is 52.1. The van der Waals surface area contributed by atoms with Crippen molar-refractivity contribution < 1.29 is 82.6 Å². The highest BCUT2D eigenvalue weighted by Crippen LogP contribution is 2.41. The van der Waals surface area contributed by atoms with Crippen molar-refractivity contribution in [3.63, 3.8) is 0 Å². The fourth-order valence-electron chi connectivity index (χ4n) is 12.0. The van der Waals surface area contributed by atoms with Crippen LogP contribution in [0.1, 0.15) is 150 Å². The first-order valence-corrected chi connectivity index (χ1v) is 28.1. The lowest BCUT2D eigenvalue weighted by Crippen LogP contribution is -2.61. The van der Waals surface area contributed by atoms with Crippen LogP contribution in [0.4, 0.5) is 0 Å². The smallest absolute Gasteiger partial charge is 0.341 e. The lowest BCUT2D eigenvalue weighted by Gasteiger charge is -2.49. The number of aliphatic hydroxyl groups excluding tert-OH is 2. The molecule has 3 saturated heterocycles. The van der Waals surface area contributed by atoms with Gasteiger partial charge in [0, 0.05) is 75.1 Å². The summed E-state index contributed by atoms with van der Waals surface area (Å²) in [6.07, 6.45) is -5.60. The summed E-state index contributed by atoms with van der Waals surface area (Å²) in [6, 6.07) is 5.18. The summed E-state index contributed by atoms with van der Waals surface area (Å²) in [4.78, 5) is 68.4. The number of hydrogen-bond donors (Lipinski definition) is 5. The van der Waals surface area contributed by atoms with E-state index in [0.717, 1.165) is 5.56 Å². The molecule has 3 aliphatic heterocycles. The second-order valence-corrected chi connectivity index (χ2v) is 23.3. The quantitative estimate of drug-likeness (QED) is 0.0800. The minimum atomic E-state index is -2.05. The number of hydrogen-bond acceptors (Lipinski definition) is 18. The molecule has 1 aromatic heterocycles. The number of esters is 2. The molecule has 78 heavy (non-hydrogen) atoms. The van der Waals surface area contributed by atoms with Gasteiger partial charge in [0.05, 0.1) is 47.6 Å². The number of aryl methyl sites for hydroxylation is 2. The Balaban J connectivity index is 1.26. The number of carboxylic acids is 1. The number of Topliss-reactive ketones (excluding diaryl/α,β-unsaturated/α-hetero) is 1. The number of rotatable bonds is 20. The number of carbonyl (C=O) groups is 4. The molecule has 0 amide bonds. The van der Waals surface area contributed by atoms with E-state index in [1.54, 1.807) is 52.2 Å². The number of cyclic esters (lactones) is 1. The molecule has 2 aromatic rings. The molecule has 4 heterocycles. The van der Waals surface area contributed by atoms with Gasteiger partial charge in [-0.15, -0.1) is 0 Å². The predicted octanol–water partition coefficient (Wildman–Crippen LogP) is 5.58. The summed E-state index contributed by atoms with van der Waals surface area (Å²) in [5.74, 6) is -7.00. The van der Waals surface area contributed by atoms with Gasteiger partial charge >= 0.3 is 17.9 Å². The zero-order chi connectivity index (χ0) is 58.2. The molecule has 0 spiro atoms. The Morgan fingerprint density at radius 1 is 0.872 bits per heavy atom. The molecule has 0 bridgehead atoms. The Bertz CT molecular complexity index is 2390. The molecule has 3 aliphatic rings. The van der Waals surface area contributed by atoms with Gasteiger partial charge in [-0.3, -0.25) is 19.2 Å². The molecule has 18 atom stereocenters. The number of carbonyl (C=O) groups excluding carboxylic acids is 3. The van der Waals surface area contributed by atoms with E-state index in [-0.39, 0.29) is 43.4 Å². The number of carboxylic acid groups (broad SMARTS) is 1. The van der Waals surface area contributed by atoms with Gasteiger partial charge in [0.25, 0.3) is 0 Å². The number of unbranched alkanes of at least 4 members (excludes halogenated alkanes) is 2. The van der Waals surface area contributed by atoms with E-state index < -0.39 is 125 Å². The Kier molecular flexibility index (Phi) is 23.0. The van der Waals surface area contributed by atoms with Crippen LogP contribution in [-0.2, 0) is 65.2 Å². The molecular weight excluding hydrogens is 1010 g/mol. The number of pyridine rings is 1. The first-order chi connectivity index (χ1) is 36.5. The first kappa shape index (κ1) is 64.9. The SMILES string of the molecule is CC[C@H]1OC(=O)[C@H](C)[C@@H](O[C@H]2C[C@@](C)(OC)[C@@H](OC(=O)CCCCCOCCCc3ccc4c(c3)c(=O)c(C(=O)O)cn4CC)[C@H](C)O2)[C@H](C)[C@@H](OC2O[C@H](C)C[C@H](N(C)C)[C@H]2O)[C@](C)(O)C[C@@H](C)C(=O)[C@H](C)[C@@H](O)[C@]1(C)O. The molecule has 20 heteroatoms. The largest absolute Gasteiger partial charge is 0.477 e. The van der Waals surface area contributed by atoms with E-state index in [4.69, 9.17) is 37.9 Å². The number of methoxy groups -OCH3 is 1. The number of ether oxygens (including phenoxy) is 8. The van der Waals surface area contributed by atoms with E-state index >= 15 is 0 Å². The van der Waals surface area contributed by atoms with Crippen molar-refractivity contribution in [2.24, 2.45) is 23.7 Å². The van der Waals surface area contributed by atoms with Gasteiger partial charge < -0.3 is 72.9 Å². The molecular formula is C58H92N2O18. The van der Waals surface area contributed by atoms with Crippen molar-refractivity contribution in [1.82, 2.24) is 9.47 Å². The summed E-state index contributed by atoms with van der Waals surface area (Å²) in [6.45, 7) is 19.7. The van der Waals surface area contributed by atoms with Crippen LogP contribution in [0.15, 0.2) is 29.2 Å². The molecule has 442 valence electrons. The Labute approximate surface area is 460 Å². The number of fused-ring (bicyclic) bond motifs is 1. The maximum Gasteiger partial charge on any atom is 0.341 e. The number of nitrogens with zero attached hydrogens (tertiary/aromatic N) is 2. The third kappa shape index (κ3) is 15.3. The van der Waals surface area contributed by atoms with Crippen molar-refractivity contribution in [2.75, 3.05) is 34.4 Å². The highest BCUT2D eigenvalue weighted by Gasteiger charge is 2.54. The van der Waals surface area contributed by atoms with Crippen molar-refractivity contribution in [2.45, 2.75) is 231 Å². The van der Waals surface area contributed by atoms with Crippen molar-refractivity contribution in [1.29, 1.82) is 0 Å². The van der Waals surface area contributed by atoms with Crippen LogP contribution in [-0.4, -0.2) is 177 Å². The molecule has 20 nitrogen and oxygen atoms in total. The minimum absolute atomic E-state index is 0.0233. The highest BCUT2D eigenvalue weighted by molar-refractivity contribution is 5.92. The number of benzene rings is 1. The first-order valence-electron chi connectivity index (χ1n) is 28.1. The normalized spacial score (nSPS) is 36.5. The average Bonchev–Trinajstić information content (AvgIpc) is 3.44. The second kappa shape index (κ2) is 27.7. The van der Waals surface area contributed by atoms with Crippen molar-refractivity contribution >= 4 is 34.6 Å². The third-order valence-corrected chi connectivity index (χ3v) is 16.7. The summed E-state index contributed by atoms with van der Waals surface area (Å²) in [5.41, 5.74) is -4.23. The van der Waals surface area contributed by atoms with E-state index in [2.05, 4.69) is 0 Å². The zero-order valence-corrected chi connectivity index (χ0v) is 48.6. The number of aromatic nitrogens is 1. The summed E-state index contributed by atoms with van der Waals surface area (Å²) >= 11 is 0. The van der Waals surface area contributed by atoms with Crippen LogP contribution < -0.4 is 5.43 Å². The van der Waals surface area contributed by atoms with Crippen molar-refractivity contribution in [3.8, 4) is 0 Å². The van der Waals surface area contributed by atoms with E-state index in [1.807, 2.05) is 45.0 Å². The highest BCUT2D eigenvalue weighted by atomic mass is 16.7. The predicted molar refractivity (Wildman–Crippen MR) is 289 cm³/mol. The molecule has 0 saturated carbocycles. The Morgan fingerprint density at radius 3 is 2.18 bits per heavy atom. The Hall–Kier alpha value is -3.93. The van der Waals surface area contributed by atoms with Crippen molar-refractivity contribution in [3.05, 3.63) is 45.7 Å². The summed E-state index contributed by atoms with van der Waals surface area (Å²) in [7, 11) is 5.17. The fraction of sp³-hybridized carbons (Fsp3) is 0.776. The van der Waals surface area contributed by atoms with E-state index in [0.29, 0.717) is 69.2 Å². The minimum Gasteiger partial charge on any atom is -0.477 e. The van der Waals surface area contributed by atoms with Gasteiger partial charge in [-0.1, -0.05) is 40.2 Å². The van der Waals surface area contributed by atoms with Gasteiger partial charge in [0.15, 0.2) is 18.7 Å². The number of aromatic carboxylic acids is 1. The molecule has 0 aliphatic carbocycles. The van der Waals surface area contributed by atoms with Gasteiger partial charge in [-0.25, -0.2) is 4.79 Å². The van der Waals surface area contributed by atoms with Crippen LogP contribution in [0, 0.1) is 23.7 Å². The third-order valence-electron chi connectivity index (χ3n) is 16.7. The van der Waals surface area contributed by atoms with Crippen LogP contribution >= 0.6 is 0 Å². The zero-order valence-electron chi connectivity index (χ0n) is 48.6. The van der Waals surface area contributed by atoms with Gasteiger partial charge in [-0.2, -0.15) is 0 Å². The second-order valence-electron chi connectivity index (χ2n) is 23.3. The monoisotopic (exact) mass is 1100 g/mol. The molecule has 3 fully saturated rings. The number of likely N-dealkylation sites (N-methyl/N-ethyl adjacent to an activating group) is 1. The van der Waals surface area contributed by atoms with Gasteiger partial charge in [-0.05, 0) is 125 Å². The molecule has 1 unspecified atom stereocenters. The van der Waals surface area contributed by atoms with Gasteiger partial charge in [0.1, 0.15) is 34.8 Å². The average molecular weight is 1110 g/mol. The van der Waals surface area contributed by atoms with Gasteiger partial charge in [0.2, 0.25) is 5.43 Å². The topological polar surface area (TPSA) is 269 Å². The molecule has 0 radical (unpaired) electrons. The summed E-state index contributed by atoms with van der Waals surface area (Å²) in [5, 5.41) is 57.6. The van der Waals surface area contributed by atoms with Crippen LogP contribution in [0.2, 0.25) is 0 Å². The molecule has 5 N–H and O–H groups in total. The molecule has 1 aromatic carbocycles. The standard InChI is InChI=1S/C58H92N2O18/c1-15-43-58(11,70)50(65)34(5)46(62)32(3)29-56(9,69)51(78-55-48(64)42(59(12)13)27-33(4)73-55)35(6)49(36(7)54(68)75-43)77-45-30-57(10,71-14)52(37(8)74-45)76-44(61)22-18-17-19-25-72-26-20-21-38-23-24-41-39(28-38)47(63)40(53(66)67)31-60(41)16-2/h23-24,28,31-37,42-43,45,48-52,55,64-65,69-70H,15-22,25-27,29-30H2,1-14H3,(H,66,67)/t32-,33-,34+,35+,36-,37+,42+,43-,45+,48-,49+,50-,51-,52+,55?,56-,57-,58-/m1/s1. The molecule has 5 rings (SSSR count). The number of aliphatic hydroxyl groups is 4. The van der Waals surface area contributed by atoms with E-state index in [1.165, 1.54) is 34.1 Å². The number of ketones is 1. The van der Waals surface area contributed by atoms with E-state index in [9.17, 15) is 49.5 Å². The Morgan fingerprint density at radius 2 is 1.55 bits per heavy atom. The van der Waals surface area contributed by atoms with Crippen LogP contribution in [0.25, 0.3) is 10.9 Å². The maximum atomic E-state index is 14.5. The maximum absolute atomic E-state index is 14.5. The van der Waals surface area contributed by atoms with Crippen LogP contribution in [0.3, 0.4) is 0 Å². The lowest BCUT2D eigenvalue weighted by atomic mass is 9.74.